The van der Waals surface area contributed by atoms with Gasteiger partial charge in [0.2, 0.25) is 0 Å². The van der Waals surface area contributed by atoms with Crippen molar-refractivity contribution in [3.8, 4) is 0 Å². The smallest absolute Gasteiger partial charge is 0.340 e. The van der Waals surface area contributed by atoms with Crippen LogP contribution in [0.25, 0.3) is 11.1 Å². The fourth-order valence-corrected chi connectivity index (χ4v) is 3.75. The van der Waals surface area contributed by atoms with Crippen LogP contribution in [0.4, 0.5) is 4.39 Å². The zero-order valence-corrected chi connectivity index (χ0v) is 15.6. The molecule has 136 valence electrons. The first kappa shape index (κ1) is 18.3. The molecule has 1 heterocycles. The second kappa shape index (κ2) is 6.36. The van der Waals surface area contributed by atoms with E-state index in [1.165, 1.54) is 36.4 Å². The molecule has 2 aromatic rings. The van der Waals surface area contributed by atoms with E-state index in [1.54, 1.807) is 12.1 Å². The largest absolute Gasteiger partial charge is 0.451 e. The molecule has 0 bridgehead atoms. The van der Waals surface area contributed by atoms with E-state index in [-0.39, 0.29) is 4.90 Å². The van der Waals surface area contributed by atoms with Crippen LogP contribution in [-0.2, 0) is 19.4 Å². The van der Waals surface area contributed by atoms with Crippen LogP contribution in [0.2, 0.25) is 0 Å². The van der Waals surface area contributed by atoms with Gasteiger partial charge in [-0.15, -0.1) is 0 Å². The lowest BCUT2D eigenvalue weighted by Crippen LogP contribution is -2.26. The van der Waals surface area contributed by atoms with Gasteiger partial charge in [-0.1, -0.05) is 31.2 Å². The van der Waals surface area contributed by atoms with E-state index in [1.807, 2.05) is 13.8 Å². The average molecular weight is 374 g/mol. The van der Waals surface area contributed by atoms with Crippen molar-refractivity contribution in [3.63, 3.8) is 0 Å². The van der Waals surface area contributed by atoms with Gasteiger partial charge >= 0.3 is 5.97 Å². The maximum absolute atomic E-state index is 13.3. The van der Waals surface area contributed by atoms with Crippen LogP contribution in [-0.4, -0.2) is 26.2 Å². The summed E-state index contributed by atoms with van der Waals surface area (Å²) in [5, 5.41) is 0. The molecule has 6 heteroatoms. The highest BCUT2D eigenvalue weighted by Crippen LogP contribution is 2.45. The lowest BCUT2D eigenvalue weighted by molar-refractivity contribution is -0.143. The summed E-state index contributed by atoms with van der Waals surface area (Å²) in [6.07, 6.45) is 1.69. The summed E-state index contributed by atoms with van der Waals surface area (Å²) in [6.45, 7) is 3.73. The SMILES string of the molecule is CCC1(C)OC(=O)C(c2ccc(F)cc2)=C1c1ccc(S(C)(=O)=O)cc1. The topological polar surface area (TPSA) is 60.4 Å². The van der Waals surface area contributed by atoms with Crippen LogP contribution in [0, 0.1) is 5.82 Å². The lowest BCUT2D eigenvalue weighted by Gasteiger charge is -2.25. The van der Waals surface area contributed by atoms with Crippen LogP contribution in [0.5, 0.6) is 0 Å². The highest BCUT2D eigenvalue weighted by Gasteiger charge is 2.43. The first-order chi connectivity index (χ1) is 12.2. The van der Waals surface area contributed by atoms with Gasteiger partial charge in [0.1, 0.15) is 11.4 Å². The van der Waals surface area contributed by atoms with Gasteiger partial charge in [0.05, 0.1) is 10.5 Å². The number of hydrogen-bond acceptors (Lipinski definition) is 4. The van der Waals surface area contributed by atoms with Crippen LogP contribution in [0.1, 0.15) is 31.4 Å². The number of carbonyl (C=O) groups excluding carboxylic acids is 1. The van der Waals surface area contributed by atoms with Gasteiger partial charge in [-0.3, -0.25) is 0 Å². The fraction of sp³-hybridized carbons (Fsp3) is 0.250. The summed E-state index contributed by atoms with van der Waals surface area (Å²) in [5.74, 6) is -0.860. The van der Waals surface area contributed by atoms with Crippen LogP contribution in [0.15, 0.2) is 53.4 Å². The van der Waals surface area contributed by atoms with Crippen molar-refractivity contribution >= 4 is 27.0 Å². The standard InChI is InChI=1S/C20H19FO4S/c1-4-20(2)18(14-7-11-16(12-8-14)26(3,23)24)17(19(22)25-20)13-5-9-15(21)10-6-13/h5-12H,4H2,1-3H3. The number of benzene rings is 2. The van der Waals surface area contributed by atoms with Gasteiger partial charge in [-0.25, -0.2) is 17.6 Å². The average Bonchev–Trinajstić information content (AvgIpc) is 2.86. The van der Waals surface area contributed by atoms with Gasteiger partial charge < -0.3 is 4.74 Å². The molecule has 0 fully saturated rings. The first-order valence-corrected chi connectivity index (χ1v) is 10.1. The van der Waals surface area contributed by atoms with Crippen LogP contribution >= 0.6 is 0 Å². The van der Waals surface area contributed by atoms with E-state index in [4.69, 9.17) is 4.74 Å². The Balaban J connectivity index is 2.22. The van der Waals surface area contributed by atoms with Gasteiger partial charge in [0.15, 0.2) is 9.84 Å². The molecule has 0 N–H and O–H groups in total. The molecule has 1 atom stereocenters. The van der Waals surface area contributed by atoms with Crippen LogP contribution in [0.3, 0.4) is 0 Å². The van der Waals surface area contributed by atoms with E-state index in [2.05, 4.69) is 0 Å². The molecule has 1 aliphatic heterocycles. The molecular weight excluding hydrogens is 355 g/mol. The number of carbonyl (C=O) groups is 1. The predicted octanol–water partition coefficient (Wildman–Crippen LogP) is 3.87. The number of rotatable bonds is 4. The second-order valence-corrected chi connectivity index (χ2v) is 8.54. The summed E-state index contributed by atoms with van der Waals surface area (Å²) in [5.41, 5.74) is 1.48. The molecule has 0 radical (unpaired) electrons. The van der Waals surface area contributed by atoms with Crippen LogP contribution < -0.4 is 0 Å². The maximum atomic E-state index is 13.3. The Morgan fingerprint density at radius 1 is 1.00 bits per heavy atom. The molecule has 1 aliphatic rings. The zero-order chi connectivity index (χ0) is 19.1. The van der Waals surface area contributed by atoms with Crippen molar-refractivity contribution in [1.29, 1.82) is 0 Å². The molecule has 3 rings (SSSR count). The van der Waals surface area contributed by atoms with Crippen molar-refractivity contribution in [1.82, 2.24) is 0 Å². The van der Waals surface area contributed by atoms with E-state index in [0.29, 0.717) is 28.7 Å². The summed E-state index contributed by atoms with van der Waals surface area (Å²) in [7, 11) is -3.31. The van der Waals surface area contributed by atoms with Gasteiger partial charge in [-0.05, 0) is 48.7 Å². The highest BCUT2D eigenvalue weighted by molar-refractivity contribution is 7.90. The molecule has 0 amide bonds. The van der Waals surface area contributed by atoms with Crippen molar-refractivity contribution in [2.75, 3.05) is 6.26 Å². The van der Waals surface area contributed by atoms with Gasteiger partial charge in [0, 0.05) is 11.8 Å². The summed E-state index contributed by atoms with van der Waals surface area (Å²) in [4.78, 5) is 12.8. The Hall–Kier alpha value is -2.47. The van der Waals surface area contributed by atoms with E-state index in [0.717, 1.165) is 6.26 Å². The fourth-order valence-electron chi connectivity index (χ4n) is 3.12. The Bertz CT molecular complexity index is 989. The van der Waals surface area contributed by atoms with Crippen molar-refractivity contribution in [2.24, 2.45) is 0 Å². The third-order valence-corrected chi connectivity index (χ3v) is 5.81. The number of hydrogen-bond donors (Lipinski definition) is 0. The van der Waals surface area contributed by atoms with Crippen molar-refractivity contribution in [3.05, 3.63) is 65.5 Å². The molecule has 26 heavy (non-hydrogen) atoms. The molecule has 4 nitrogen and oxygen atoms in total. The van der Waals surface area contributed by atoms with Crippen molar-refractivity contribution in [2.45, 2.75) is 30.8 Å². The number of cyclic esters (lactones) is 1. The number of sulfone groups is 1. The minimum Gasteiger partial charge on any atom is -0.451 e. The molecule has 2 aromatic carbocycles. The molecule has 1 unspecified atom stereocenters. The van der Waals surface area contributed by atoms with E-state index < -0.39 is 27.2 Å². The third kappa shape index (κ3) is 3.17. The van der Waals surface area contributed by atoms with E-state index in [9.17, 15) is 17.6 Å². The van der Waals surface area contributed by atoms with Crippen molar-refractivity contribution < 1.29 is 22.3 Å². The third-order valence-electron chi connectivity index (χ3n) is 4.68. The highest BCUT2D eigenvalue weighted by atomic mass is 32.2. The first-order valence-electron chi connectivity index (χ1n) is 8.20. The molecule has 0 spiro atoms. The quantitative estimate of drug-likeness (QED) is 0.763. The number of ether oxygens (including phenoxy) is 1. The zero-order valence-electron chi connectivity index (χ0n) is 14.7. The second-order valence-electron chi connectivity index (χ2n) is 6.53. The Labute approximate surface area is 152 Å². The monoisotopic (exact) mass is 374 g/mol. The number of halogens is 1. The molecule has 0 aliphatic carbocycles. The van der Waals surface area contributed by atoms with E-state index >= 15 is 0 Å². The minimum absolute atomic E-state index is 0.202. The summed E-state index contributed by atoms with van der Waals surface area (Å²) in [6, 6.07) is 12.0. The maximum Gasteiger partial charge on any atom is 0.340 e. The minimum atomic E-state index is -3.31. The molecule has 0 aromatic heterocycles. The molecule has 0 saturated carbocycles. The van der Waals surface area contributed by atoms with Gasteiger partial charge in [-0.2, -0.15) is 0 Å². The normalized spacial score (nSPS) is 20.4. The predicted molar refractivity (Wildman–Crippen MR) is 97.6 cm³/mol. The molecular formula is C20H19FO4S. The number of esters is 1. The Kier molecular flexibility index (Phi) is 4.48. The summed E-state index contributed by atoms with van der Waals surface area (Å²) < 4.78 is 42.3. The summed E-state index contributed by atoms with van der Waals surface area (Å²) >= 11 is 0. The lowest BCUT2D eigenvalue weighted by atomic mass is 9.84. The Morgan fingerprint density at radius 3 is 2.04 bits per heavy atom. The Morgan fingerprint density at radius 2 is 1.54 bits per heavy atom. The molecule has 0 saturated heterocycles. The van der Waals surface area contributed by atoms with Gasteiger partial charge in [0.25, 0.3) is 0 Å².